The fourth-order valence-corrected chi connectivity index (χ4v) is 6.18. The minimum Gasteiger partial charge on any atom is -0.461 e. The van der Waals surface area contributed by atoms with Crippen molar-refractivity contribution in [1.29, 1.82) is 0 Å². The molecule has 1 heterocycles. The van der Waals surface area contributed by atoms with Gasteiger partial charge in [0.1, 0.15) is 6.10 Å². The number of carbonyl (C=O) groups excluding carboxylic acids is 1. The van der Waals surface area contributed by atoms with Crippen molar-refractivity contribution < 1.29 is 19.7 Å². The fourth-order valence-electron chi connectivity index (χ4n) is 6.18. The number of allylic oxidation sites excluding steroid dienone is 1. The number of hydrogen-bond acceptors (Lipinski definition) is 5. The Kier molecular flexibility index (Phi) is 6.06. The van der Waals surface area contributed by atoms with Crippen LogP contribution in [0, 0.1) is 23.2 Å². The van der Waals surface area contributed by atoms with E-state index in [4.69, 9.17) is 4.74 Å². The van der Waals surface area contributed by atoms with E-state index in [-0.39, 0.29) is 29.3 Å². The topological polar surface area (TPSA) is 70.0 Å². The smallest absolute Gasteiger partial charge is 0.311 e. The van der Waals surface area contributed by atoms with Crippen LogP contribution in [0.2, 0.25) is 0 Å². The molecule has 2 aliphatic carbocycles. The molecule has 0 amide bonds. The Morgan fingerprint density at radius 2 is 2.00 bits per heavy atom. The highest BCUT2D eigenvalue weighted by molar-refractivity contribution is 5.76. The van der Waals surface area contributed by atoms with Gasteiger partial charge in [0.25, 0.3) is 0 Å². The molecule has 31 heavy (non-hydrogen) atoms. The van der Waals surface area contributed by atoms with Crippen molar-refractivity contribution in [2.75, 3.05) is 19.6 Å². The number of carbonyl (C=O) groups is 1. The molecule has 5 nitrogen and oxygen atoms in total. The summed E-state index contributed by atoms with van der Waals surface area (Å²) in [5.41, 5.74) is 0.798. The van der Waals surface area contributed by atoms with Crippen molar-refractivity contribution in [3.63, 3.8) is 0 Å². The first-order chi connectivity index (χ1) is 14.7. The maximum absolute atomic E-state index is 12.9. The lowest BCUT2D eigenvalue weighted by Crippen LogP contribution is -2.55. The van der Waals surface area contributed by atoms with E-state index in [0.717, 1.165) is 24.8 Å². The summed E-state index contributed by atoms with van der Waals surface area (Å²) in [6.45, 7) is 9.86. The second-order valence-electron chi connectivity index (χ2n) is 10.3. The van der Waals surface area contributed by atoms with Gasteiger partial charge in [-0.2, -0.15) is 0 Å². The zero-order valence-corrected chi connectivity index (χ0v) is 19.3. The summed E-state index contributed by atoms with van der Waals surface area (Å²) >= 11 is 0. The summed E-state index contributed by atoms with van der Waals surface area (Å²) in [6, 6.07) is 9.64. The van der Waals surface area contributed by atoms with Gasteiger partial charge in [-0.05, 0) is 37.8 Å². The van der Waals surface area contributed by atoms with Crippen molar-refractivity contribution in [2.24, 2.45) is 23.2 Å². The molecule has 1 aromatic rings. The van der Waals surface area contributed by atoms with Gasteiger partial charge in [-0.15, -0.1) is 0 Å². The van der Waals surface area contributed by atoms with Crippen LogP contribution in [0.5, 0.6) is 0 Å². The summed E-state index contributed by atoms with van der Waals surface area (Å²) in [5, 5.41) is 22.7. The number of esters is 1. The highest BCUT2D eigenvalue weighted by Crippen LogP contribution is 2.56. The van der Waals surface area contributed by atoms with E-state index in [0.29, 0.717) is 25.6 Å². The number of nitrogens with zero attached hydrogens (tertiary/aromatic N) is 1. The van der Waals surface area contributed by atoms with E-state index in [1.807, 2.05) is 44.2 Å². The lowest BCUT2D eigenvalue weighted by Gasteiger charge is -2.52. The van der Waals surface area contributed by atoms with Crippen LogP contribution in [0.1, 0.15) is 52.5 Å². The molecule has 0 radical (unpaired) electrons. The molecule has 5 heteroatoms. The van der Waals surface area contributed by atoms with Crippen LogP contribution in [-0.2, 0) is 15.1 Å². The quantitative estimate of drug-likeness (QED) is 0.537. The largest absolute Gasteiger partial charge is 0.461 e. The monoisotopic (exact) mass is 427 g/mol. The van der Waals surface area contributed by atoms with Gasteiger partial charge in [-0.3, -0.25) is 9.69 Å². The normalized spacial score (nSPS) is 36.9. The van der Waals surface area contributed by atoms with Crippen molar-refractivity contribution in [3.8, 4) is 0 Å². The summed E-state index contributed by atoms with van der Waals surface area (Å²) in [7, 11) is 0. The Hall–Kier alpha value is -1.69. The molecule has 1 saturated carbocycles. The summed E-state index contributed by atoms with van der Waals surface area (Å²) in [4.78, 5) is 15.0. The Morgan fingerprint density at radius 1 is 1.29 bits per heavy atom. The van der Waals surface area contributed by atoms with Gasteiger partial charge in [-0.25, -0.2) is 0 Å². The van der Waals surface area contributed by atoms with Crippen LogP contribution in [-0.4, -0.2) is 52.9 Å². The van der Waals surface area contributed by atoms with Gasteiger partial charge >= 0.3 is 5.97 Å². The molecule has 3 aliphatic rings. The van der Waals surface area contributed by atoms with Crippen molar-refractivity contribution >= 4 is 5.97 Å². The van der Waals surface area contributed by atoms with Gasteiger partial charge in [0, 0.05) is 30.8 Å². The molecule has 7 unspecified atom stereocenters. The zero-order chi connectivity index (χ0) is 22.4. The van der Waals surface area contributed by atoms with E-state index in [1.54, 1.807) is 0 Å². The SMILES string of the molecule is CCN(CC1C(=O)OC2CC3=CCCC(C)C3(C)C(O)C21)CC(C)(O)c1ccccc1. The van der Waals surface area contributed by atoms with Crippen LogP contribution in [0.3, 0.4) is 0 Å². The summed E-state index contributed by atoms with van der Waals surface area (Å²) in [5.74, 6) is -0.409. The summed E-state index contributed by atoms with van der Waals surface area (Å²) in [6.07, 6.45) is 4.25. The number of hydrogen-bond donors (Lipinski definition) is 2. The van der Waals surface area contributed by atoms with E-state index < -0.39 is 11.7 Å². The van der Waals surface area contributed by atoms with E-state index in [2.05, 4.69) is 24.8 Å². The number of fused-ring (bicyclic) bond motifs is 2. The molecule has 2 fully saturated rings. The van der Waals surface area contributed by atoms with E-state index >= 15 is 0 Å². The van der Waals surface area contributed by atoms with Crippen LogP contribution < -0.4 is 0 Å². The van der Waals surface area contributed by atoms with Gasteiger partial charge in [0.05, 0.1) is 17.6 Å². The van der Waals surface area contributed by atoms with Gasteiger partial charge in [0.2, 0.25) is 0 Å². The number of rotatable bonds is 6. The van der Waals surface area contributed by atoms with Gasteiger partial charge < -0.3 is 14.9 Å². The average Bonchev–Trinajstić information content (AvgIpc) is 3.05. The maximum atomic E-state index is 12.9. The van der Waals surface area contributed by atoms with Crippen LogP contribution in [0.25, 0.3) is 0 Å². The Morgan fingerprint density at radius 3 is 2.68 bits per heavy atom. The number of aliphatic hydroxyl groups is 2. The third-order valence-electron chi connectivity index (χ3n) is 8.40. The molecule has 1 aromatic carbocycles. The highest BCUT2D eigenvalue weighted by Gasteiger charge is 2.59. The Bertz CT molecular complexity index is 835. The minimum absolute atomic E-state index is 0.203. The molecule has 4 rings (SSSR count). The van der Waals surface area contributed by atoms with Gasteiger partial charge in [0.15, 0.2) is 0 Å². The standard InChI is InChI=1S/C26H37NO4/c1-5-27(16-25(3,30)18-11-7-6-8-12-18)15-20-22-21(31-24(20)29)14-19-13-9-10-17(2)26(19,4)23(22)28/h6-8,11-13,17,20-23,28,30H,5,9-10,14-16H2,1-4H3. The molecule has 1 aliphatic heterocycles. The van der Waals surface area contributed by atoms with Crippen molar-refractivity contribution in [1.82, 2.24) is 4.90 Å². The fraction of sp³-hybridized carbons (Fsp3) is 0.654. The Balaban J connectivity index is 1.54. The minimum atomic E-state index is -1.02. The third kappa shape index (κ3) is 3.85. The first-order valence-electron chi connectivity index (χ1n) is 11.8. The molecule has 1 saturated heterocycles. The molecule has 0 spiro atoms. The average molecular weight is 428 g/mol. The van der Waals surface area contributed by atoms with E-state index in [9.17, 15) is 15.0 Å². The molecule has 7 atom stereocenters. The first kappa shape index (κ1) is 22.5. The number of ether oxygens (including phenoxy) is 1. The number of likely N-dealkylation sites (N-methyl/N-ethyl adjacent to an activating group) is 1. The maximum Gasteiger partial charge on any atom is 0.311 e. The number of aliphatic hydroxyl groups excluding tert-OH is 1. The predicted octanol–water partition coefficient (Wildman–Crippen LogP) is 3.50. The van der Waals surface area contributed by atoms with Gasteiger partial charge in [-0.1, -0.05) is 62.8 Å². The van der Waals surface area contributed by atoms with Crippen LogP contribution in [0.4, 0.5) is 0 Å². The molecular weight excluding hydrogens is 390 g/mol. The second-order valence-corrected chi connectivity index (χ2v) is 10.3. The lowest BCUT2D eigenvalue weighted by atomic mass is 9.55. The molecule has 2 N–H and O–H groups in total. The molecular formula is C26H37NO4. The van der Waals surface area contributed by atoms with Crippen LogP contribution >= 0.6 is 0 Å². The molecule has 170 valence electrons. The third-order valence-corrected chi connectivity index (χ3v) is 8.40. The van der Waals surface area contributed by atoms with Crippen molar-refractivity contribution in [2.45, 2.75) is 64.8 Å². The summed E-state index contributed by atoms with van der Waals surface area (Å²) < 4.78 is 5.81. The molecule has 0 aromatic heterocycles. The Labute approximate surface area is 186 Å². The first-order valence-corrected chi connectivity index (χ1v) is 11.8. The molecule has 0 bridgehead atoms. The lowest BCUT2D eigenvalue weighted by molar-refractivity contribution is -0.145. The second kappa shape index (κ2) is 8.34. The number of benzene rings is 1. The van der Waals surface area contributed by atoms with E-state index in [1.165, 1.54) is 5.57 Å². The predicted molar refractivity (Wildman–Crippen MR) is 120 cm³/mol. The van der Waals surface area contributed by atoms with Crippen molar-refractivity contribution in [3.05, 3.63) is 47.5 Å². The van der Waals surface area contributed by atoms with Crippen LogP contribution in [0.15, 0.2) is 42.0 Å². The zero-order valence-electron chi connectivity index (χ0n) is 19.3. The highest BCUT2D eigenvalue weighted by atomic mass is 16.6.